The molecule has 1 heteroatoms. The van der Waals surface area contributed by atoms with Gasteiger partial charge < -0.3 is 5.32 Å². The highest BCUT2D eigenvalue weighted by atomic mass is 15.0. The predicted octanol–water partition coefficient (Wildman–Crippen LogP) is 5.68. The van der Waals surface area contributed by atoms with Crippen molar-refractivity contribution in [2.24, 2.45) is 11.8 Å². The van der Waals surface area contributed by atoms with Gasteiger partial charge in [-0.05, 0) is 43.9 Å². The lowest BCUT2D eigenvalue weighted by Crippen LogP contribution is -2.60. The minimum absolute atomic E-state index is 0.466. The van der Waals surface area contributed by atoms with E-state index in [1.165, 1.54) is 77.0 Å². The molecule has 1 N–H and O–H groups in total. The highest BCUT2D eigenvalue weighted by molar-refractivity contribution is 5.01. The summed E-state index contributed by atoms with van der Waals surface area (Å²) in [6.45, 7) is 7.11. The number of unbranched alkanes of at least 4 members (excludes halogenated alkanes) is 3. The van der Waals surface area contributed by atoms with Crippen LogP contribution in [0, 0.1) is 11.8 Å². The molecular weight excluding hydrogens is 242 g/mol. The number of hydrogen-bond acceptors (Lipinski definition) is 1. The van der Waals surface area contributed by atoms with Crippen molar-refractivity contribution in [3.63, 3.8) is 0 Å². The molecule has 1 heterocycles. The van der Waals surface area contributed by atoms with E-state index < -0.39 is 0 Å². The van der Waals surface area contributed by atoms with E-state index in [9.17, 15) is 0 Å². The van der Waals surface area contributed by atoms with Gasteiger partial charge in [0.25, 0.3) is 0 Å². The molecule has 2 rings (SSSR count). The molecule has 3 unspecified atom stereocenters. The second-order valence-electron chi connectivity index (χ2n) is 7.50. The number of rotatable bonds is 7. The first-order chi connectivity index (χ1) is 9.74. The van der Waals surface area contributed by atoms with E-state index in [2.05, 4.69) is 26.1 Å². The van der Waals surface area contributed by atoms with Crippen molar-refractivity contribution in [2.45, 2.75) is 109 Å². The van der Waals surface area contributed by atoms with Gasteiger partial charge in [-0.3, -0.25) is 0 Å². The Balaban J connectivity index is 1.97. The van der Waals surface area contributed by atoms with Crippen LogP contribution in [-0.2, 0) is 0 Å². The van der Waals surface area contributed by atoms with Crippen molar-refractivity contribution in [1.82, 2.24) is 5.32 Å². The van der Waals surface area contributed by atoms with E-state index in [0.29, 0.717) is 5.54 Å². The zero-order valence-corrected chi connectivity index (χ0v) is 14.2. The molecule has 0 aromatic heterocycles. The maximum atomic E-state index is 4.10. The minimum atomic E-state index is 0.466. The van der Waals surface area contributed by atoms with E-state index in [0.717, 1.165) is 17.9 Å². The Kier molecular flexibility index (Phi) is 6.39. The summed E-state index contributed by atoms with van der Waals surface area (Å²) in [6.07, 6.45) is 17.2. The number of piperidine rings is 1. The maximum Gasteiger partial charge on any atom is 0.0181 e. The van der Waals surface area contributed by atoms with Gasteiger partial charge in [0.05, 0.1) is 0 Å². The van der Waals surface area contributed by atoms with Crippen molar-refractivity contribution in [3.8, 4) is 0 Å². The van der Waals surface area contributed by atoms with Gasteiger partial charge in [-0.2, -0.15) is 0 Å². The van der Waals surface area contributed by atoms with Gasteiger partial charge >= 0.3 is 0 Å². The first kappa shape index (κ1) is 16.3. The highest BCUT2D eigenvalue weighted by Crippen LogP contribution is 2.44. The van der Waals surface area contributed by atoms with Crippen LogP contribution in [0.2, 0.25) is 0 Å². The third kappa shape index (κ3) is 3.78. The molecule has 0 radical (unpaired) electrons. The lowest BCUT2D eigenvalue weighted by molar-refractivity contribution is 0.0465. The van der Waals surface area contributed by atoms with Crippen molar-refractivity contribution in [3.05, 3.63) is 0 Å². The third-order valence-electron chi connectivity index (χ3n) is 6.35. The summed E-state index contributed by atoms with van der Waals surface area (Å²) in [6, 6.07) is 0.841. The van der Waals surface area contributed by atoms with Crippen molar-refractivity contribution >= 4 is 0 Å². The van der Waals surface area contributed by atoms with E-state index in [4.69, 9.17) is 0 Å². The Morgan fingerprint density at radius 3 is 2.40 bits per heavy atom. The Hall–Kier alpha value is -0.0400. The highest BCUT2D eigenvalue weighted by Gasteiger charge is 2.43. The SMILES string of the molecule is CCCCCCC1CC(CC)(CC)NC2CCCCC12. The van der Waals surface area contributed by atoms with Gasteiger partial charge in [-0.1, -0.05) is 65.7 Å². The topological polar surface area (TPSA) is 12.0 Å². The molecule has 1 aliphatic heterocycles. The number of hydrogen-bond donors (Lipinski definition) is 1. The summed E-state index contributed by atoms with van der Waals surface area (Å²) < 4.78 is 0. The molecule has 3 atom stereocenters. The van der Waals surface area contributed by atoms with E-state index >= 15 is 0 Å². The van der Waals surface area contributed by atoms with Crippen molar-refractivity contribution < 1.29 is 0 Å². The fourth-order valence-corrected chi connectivity index (χ4v) is 4.90. The number of fused-ring (bicyclic) bond motifs is 1. The van der Waals surface area contributed by atoms with Crippen LogP contribution in [0.15, 0.2) is 0 Å². The van der Waals surface area contributed by atoms with Crippen LogP contribution in [0.25, 0.3) is 0 Å². The molecule has 0 aromatic carbocycles. The molecule has 1 nitrogen and oxygen atoms in total. The lowest BCUT2D eigenvalue weighted by atomic mass is 9.64. The molecule has 1 aliphatic carbocycles. The van der Waals surface area contributed by atoms with Gasteiger partial charge in [0.1, 0.15) is 0 Å². The summed E-state index contributed by atoms with van der Waals surface area (Å²) in [5.41, 5.74) is 0.466. The molecule has 0 spiro atoms. The zero-order valence-electron chi connectivity index (χ0n) is 14.2. The van der Waals surface area contributed by atoms with Crippen LogP contribution >= 0.6 is 0 Å². The largest absolute Gasteiger partial charge is 0.308 e. The van der Waals surface area contributed by atoms with Crippen LogP contribution < -0.4 is 5.32 Å². The molecule has 0 bridgehead atoms. The Bertz CT molecular complexity index is 269. The number of nitrogens with one attached hydrogen (secondary N) is 1. The van der Waals surface area contributed by atoms with E-state index in [1.807, 2.05) is 0 Å². The van der Waals surface area contributed by atoms with E-state index in [1.54, 1.807) is 0 Å². The van der Waals surface area contributed by atoms with Gasteiger partial charge in [0, 0.05) is 11.6 Å². The van der Waals surface area contributed by atoms with Crippen LogP contribution in [0.1, 0.15) is 97.8 Å². The fourth-order valence-electron chi connectivity index (χ4n) is 4.90. The third-order valence-corrected chi connectivity index (χ3v) is 6.35. The Labute approximate surface area is 127 Å². The average Bonchev–Trinajstić information content (AvgIpc) is 2.51. The first-order valence-electron chi connectivity index (χ1n) is 9.52. The maximum absolute atomic E-state index is 4.10. The molecule has 0 amide bonds. The average molecular weight is 280 g/mol. The second-order valence-corrected chi connectivity index (χ2v) is 7.50. The molecule has 2 fully saturated rings. The summed E-state index contributed by atoms with van der Waals surface area (Å²) >= 11 is 0. The van der Waals surface area contributed by atoms with Crippen LogP contribution in [-0.4, -0.2) is 11.6 Å². The minimum Gasteiger partial charge on any atom is -0.308 e. The normalized spacial score (nSPS) is 32.9. The predicted molar refractivity (Wildman–Crippen MR) is 89.1 cm³/mol. The molecule has 1 saturated heterocycles. The molecule has 2 aliphatic rings. The smallest absolute Gasteiger partial charge is 0.0181 e. The van der Waals surface area contributed by atoms with Gasteiger partial charge in [0.15, 0.2) is 0 Å². The van der Waals surface area contributed by atoms with Crippen LogP contribution in [0.4, 0.5) is 0 Å². The van der Waals surface area contributed by atoms with Crippen molar-refractivity contribution in [1.29, 1.82) is 0 Å². The van der Waals surface area contributed by atoms with Gasteiger partial charge in [0.2, 0.25) is 0 Å². The monoisotopic (exact) mass is 279 g/mol. The van der Waals surface area contributed by atoms with E-state index in [-0.39, 0.29) is 0 Å². The summed E-state index contributed by atoms with van der Waals surface area (Å²) in [5, 5.41) is 4.10. The summed E-state index contributed by atoms with van der Waals surface area (Å²) in [7, 11) is 0. The van der Waals surface area contributed by atoms with Crippen LogP contribution in [0.5, 0.6) is 0 Å². The van der Waals surface area contributed by atoms with Crippen LogP contribution in [0.3, 0.4) is 0 Å². The Morgan fingerprint density at radius 1 is 0.950 bits per heavy atom. The van der Waals surface area contributed by atoms with Gasteiger partial charge in [-0.15, -0.1) is 0 Å². The summed E-state index contributed by atoms with van der Waals surface area (Å²) in [4.78, 5) is 0. The Morgan fingerprint density at radius 2 is 1.70 bits per heavy atom. The molecule has 118 valence electrons. The quantitative estimate of drug-likeness (QED) is 0.591. The summed E-state index contributed by atoms with van der Waals surface area (Å²) in [5.74, 6) is 2.01. The molecule has 0 aromatic rings. The fraction of sp³-hybridized carbons (Fsp3) is 1.00. The molecule has 20 heavy (non-hydrogen) atoms. The lowest BCUT2D eigenvalue weighted by Gasteiger charge is -2.52. The van der Waals surface area contributed by atoms with Gasteiger partial charge in [-0.25, -0.2) is 0 Å². The standard InChI is InChI=1S/C19H37N/c1-4-7-8-9-12-16-15-19(5-2,6-3)20-18-14-11-10-13-17(16)18/h16-18,20H,4-15H2,1-3H3. The first-order valence-corrected chi connectivity index (χ1v) is 9.52. The second kappa shape index (κ2) is 7.82. The zero-order chi connectivity index (χ0) is 14.4. The molecular formula is C19H37N. The van der Waals surface area contributed by atoms with Crippen molar-refractivity contribution in [2.75, 3.05) is 0 Å². The molecule has 1 saturated carbocycles.